The molecular weight excluding hydrogens is 282 g/mol. The fraction of sp³-hybridized carbons (Fsp3) is 0.312. The first-order valence-corrected chi connectivity index (χ1v) is 7.26. The van der Waals surface area contributed by atoms with Gasteiger partial charge in [0.05, 0.1) is 17.4 Å². The number of rotatable bonds is 3. The van der Waals surface area contributed by atoms with Crippen molar-refractivity contribution in [3.63, 3.8) is 0 Å². The molecule has 2 amide bonds. The van der Waals surface area contributed by atoms with E-state index in [0.29, 0.717) is 24.2 Å². The number of carbonyl (C=O) groups excluding carboxylic acids is 2. The molecule has 0 aliphatic carbocycles. The Bertz CT molecular complexity index is 632. The van der Waals surface area contributed by atoms with E-state index in [4.69, 9.17) is 4.42 Å². The number of hydrogen-bond donors (Lipinski definition) is 1. The molecule has 3 rings (SSSR count). The summed E-state index contributed by atoms with van der Waals surface area (Å²) in [4.78, 5) is 30.0. The van der Waals surface area contributed by atoms with E-state index in [2.05, 4.69) is 10.3 Å². The molecule has 0 spiro atoms. The van der Waals surface area contributed by atoms with E-state index < -0.39 is 0 Å². The lowest BCUT2D eigenvalue weighted by molar-refractivity contribution is 0.0697. The minimum Gasteiger partial charge on any atom is -0.472 e. The molecule has 6 heteroatoms. The van der Waals surface area contributed by atoms with Gasteiger partial charge in [0, 0.05) is 31.5 Å². The number of piperidine rings is 1. The van der Waals surface area contributed by atoms with Crippen LogP contribution in [0.1, 0.15) is 33.6 Å². The minimum atomic E-state index is -0.118. The van der Waals surface area contributed by atoms with Gasteiger partial charge >= 0.3 is 0 Å². The number of hydrogen-bond acceptors (Lipinski definition) is 4. The zero-order valence-corrected chi connectivity index (χ0v) is 12.1. The van der Waals surface area contributed by atoms with E-state index in [1.54, 1.807) is 35.5 Å². The summed E-state index contributed by atoms with van der Waals surface area (Å²) in [6.07, 6.45) is 7.63. The number of pyridine rings is 1. The van der Waals surface area contributed by atoms with Gasteiger partial charge in [-0.2, -0.15) is 0 Å². The van der Waals surface area contributed by atoms with Crippen molar-refractivity contribution in [3.8, 4) is 0 Å². The third-order valence-electron chi connectivity index (χ3n) is 3.81. The van der Waals surface area contributed by atoms with Crippen molar-refractivity contribution in [1.29, 1.82) is 0 Å². The fourth-order valence-electron chi connectivity index (χ4n) is 2.56. The molecule has 6 nitrogen and oxygen atoms in total. The van der Waals surface area contributed by atoms with Crippen LogP contribution in [0.25, 0.3) is 0 Å². The summed E-state index contributed by atoms with van der Waals surface area (Å²) in [5, 5.41) is 2.99. The first-order valence-electron chi connectivity index (χ1n) is 7.26. The van der Waals surface area contributed by atoms with Crippen LogP contribution in [0.2, 0.25) is 0 Å². The van der Waals surface area contributed by atoms with E-state index in [9.17, 15) is 9.59 Å². The topological polar surface area (TPSA) is 75.4 Å². The van der Waals surface area contributed by atoms with Gasteiger partial charge in [0.2, 0.25) is 0 Å². The van der Waals surface area contributed by atoms with Crippen molar-refractivity contribution in [2.24, 2.45) is 0 Å². The van der Waals surface area contributed by atoms with Gasteiger partial charge in [0.15, 0.2) is 0 Å². The van der Waals surface area contributed by atoms with Gasteiger partial charge in [-0.1, -0.05) is 0 Å². The van der Waals surface area contributed by atoms with E-state index in [1.165, 1.54) is 12.5 Å². The molecule has 0 bridgehead atoms. The maximum absolute atomic E-state index is 12.2. The Morgan fingerprint density at radius 3 is 2.68 bits per heavy atom. The highest BCUT2D eigenvalue weighted by molar-refractivity contribution is 5.94. The molecule has 0 saturated carbocycles. The average molecular weight is 299 g/mol. The van der Waals surface area contributed by atoms with Crippen molar-refractivity contribution < 1.29 is 14.0 Å². The second-order valence-corrected chi connectivity index (χ2v) is 5.29. The number of nitrogens with zero attached hydrogens (tertiary/aromatic N) is 2. The number of aromatic nitrogens is 1. The quantitative estimate of drug-likeness (QED) is 0.936. The van der Waals surface area contributed by atoms with Crippen LogP contribution in [0.5, 0.6) is 0 Å². The van der Waals surface area contributed by atoms with E-state index >= 15 is 0 Å². The molecule has 1 aliphatic heterocycles. The molecule has 0 aromatic carbocycles. The number of amides is 2. The summed E-state index contributed by atoms with van der Waals surface area (Å²) in [6.45, 7) is 1.25. The zero-order valence-electron chi connectivity index (χ0n) is 12.1. The standard InChI is InChI=1S/C16H17N3O3/c20-15(12-2-1-6-17-10-12)18-14-3-7-19(8-4-14)16(21)13-5-9-22-11-13/h1-2,5-6,9-11,14H,3-4,7-8H2,(H,18,20). The Morgan fingerprint density at radius 2 is 2.05 bits per heavy atom. The molecule has 114 valence electrons. The lowest BCUT2D eigenvalue weighted by atomic mass is 10.0. The van der Waals surface area contributed by atoms with Crippen molar-refractivity contribution in [3.05, 3.63) is 54.2 Å². The van der Waals surface area contributed by atoms with E-state index in [0.717, 1.165) is 12.8 Å². The van der Waals surface area contributed by atoms with Crippen LogP contribution in [0.3, 0.4) is 0 Å². The van der Waals surface area contributed by atoms with Gasteiger partial charge < -0.3 is 14.6 Å². The van der Waals surface area contributed by atoms with Gasteiger partial charge in [-0.25, -0.2) is 0 Å². The predicted octanol–water partition coefficient (Wildman–Crippen LogP) is 1.71. The van der Waals surface area contributed by atoms with Gasteiger partial charge in [-0.3, -0.25) is 14.6 Å². The first-order chi connectivity index (χ1) is 10.7. The lowest BCUT2D eigenvalue weighted by Crippen LogP contribution is -2.46. The van der Waals surface area contributed by atoms with Crippen LogP contribution in [0, 0.1) is 0 Å². The predicted molar refractivity (Wildman–Crippen MR) is 79.3 cm³/mol. The highest BCUT2D eigenvalue weighted by Crippen LogP contribution is 2.14. The van der Waals surface area contributed by atoms with Crippen molar-refractivity contribution in [2.75, 3.05) is 13.1 Å². The summed E-state index contributed by atoms with van der Waals surface area (Å²) < 4.78 is 4.94. The molecule has 22 heavy (non-hydrogen) atoms. The molecule has 1 aliphatic rings. The molecule has 1 N–H and O–H groups in total. The van der Waals surface area contributed by atoms with Crippen LogP contribution in [-0.4, -0.2) is 40.8 Å². The number of furan rings is 1. The molecule has 2 aromatic heterocycles. The van der Waals surface area contributed by atoms with Crippen molar-refractivity contribution in [2.45, 2.75) is 18.9 Å². The minimum absolute atomic E-state index is 0.0224. The molecule has 0 atom stereocenters. The van der Waals surface area contributed by atoms with Gasteiger partial charge in [0.25, 0.3) is 11.8 Å². The van der Waals surface area contributed by atoms with Crippen LogP contribution in [-0.2, 0) is 0 Å². The molecule has 3 heterocycles. The molecular formula is C16H17N3O3. The second-order valence-electron chi connectivity index (χ2n) is 5.29. The Kier molecular flexibility index (Phi) is 4.18. The third-order valence-corrected chi connectivity index (χ3v) is 3.81. The van der Waals surface area contributed by atoms with E-state index in [1.807, 2.05) is 0 Å². The monoisotopic (exact) mass is 299 g/mol. The van der Waals surface area contributed by atoms with Crippen molar-refractivity contribution >= 4 is 11.8 Å². The summed E-state index contributed by atoms with van der Waals surface area (Å²) >= 11 is 0. The number of likely N-dealkylation sites (tertiary alicyclic amines) is 1. The highest BCUT2D eigenvalue weighted by Gasteiger charge is 2.25. The third kappa shape index (κ3) is 3.16. The largest absolute Gasteiger partial charge is 0.472 e. The van der Waals surface area contributed by atoms with Crippen LogP contribution < -0.4 is 5.32 Å². The molecule has 1 saturated heterocycles. The van der Waals surface area contributed by atoms with Gasteiger partial charge in [-0.05, 0) is 31.0 Å². The van der Waals surface area contributed by atoms with Crippen molar-refractivity contribution in [1.82, 2.24) is 15.2 Å². The highest BCUT2D eigenvalue weighted by atomic mass is 16.3. The summed E-state index contributed by atoms with van der Waals surface area (Å²) in [5.74, 6) is -0.140. The fourth-order valence-corrected chi connectivity index (χ4v) is 2.56. The Balaban J connectivity index is 1.52. The first kappa shape index (κ1) is 14.3. The smallest absolute Gasteiger partial charge is 0.257 e. The second kappa shape index (κ2) is 6.43. The maximum Gasteiger partial charge on any atom is 0.257 e. The Labute approximate surface area is 128 Å². The SMILES string of the molecule is O=C(NC1CCN(C(=O)c2ccoc2)CC1)c1cccnc1. The van der Waals surface area contributed by atoms with Crippen LogP contribution >= 0.6 is 0 Å². The molecule has 0 radical (unpaired) electrons. The van der Waals surface area contributed by atoms with Crippen LogP contribution in [0.15, 0.2) is 47.5 Å². The Hall–Kier alpha value is -2.63. The number of nitrogens with one attached hydrogen (secondary N) is 1. The summed E-state index contributed by atoms with van der Waals surface area (Å²) in [7, 11) is 0. The number of carbonyl (C=O) groups is 2. The lowest BCUT2D eigenvalue weighted by Gasteiger charge is -2.32. The van der Waals surface area contributed by atoms with Gasteiger partial charge in [0.1, 0.15) is 6.26 Å². The van der Waals surface area contributed by atoms with E-state index in [-0.39, 0.29) is 17.9 Å². The average Bonchev–Trinajstić information content (AvgIpc) is 3.10. The summed E-state index contributed by atoms with van der Waals surface area (Å²) in [5.41, 5.74) is 1.12. The molecule has 1 fully saturated rings. The molecule has 2 aromatic rings. The molecule has 0 unspecified atom stereocenters. The normalized spacial score (nSPS) is 15.5. The zero-order chi connectivity index (χ0) is 15.4. The summed E-state index contributed by atoms with van der Waals surface area (Å²) in [6, 6.07) is 5.22. The maximum atomic E-state index is 12.2. The van der Waals surface area contributed by atoms with Crippen LogP contribution in [0.4, 0.5) is 0 Å². The Morgan fingerprint density at radius 1 is 1.23 bits per heavy atom. The van der Waals surface area contributed by atoms with Gasteiger partial charge in [-0.15, -0.1) is 0 Å².